The van der Waals surface area contributed by atoms with Crippen LogP contribution in [0.15, 0.2) is 36.1 Å². The molecule has 1 aliphatic heterocycles. The highest BCUT2D eigenvalue weighted by Crippen LogP contribution is 2.44. The first kappa shape index (κ1) is 15.7. The zero-order valence-corrected chi connectivity index (χ0v) is 12.9. The van der Waals surface area contributed by atoms with E-state index in [4.69, 9.17) is 9.47 Å². The lowest BCUT2D eigenvalue weighted by Crippen LogP contribution is -1.98. The van der Waals surface area contributed by atoms with Crippen molar-refractivity contribution in [3.63, 3.8) is 0 Å². The van der Waals surface area contributed by atoms with Crippen LogP contribution in [0.1, 0.15) is 29.3 Å². The van der Waals surface area contributed by atoms with Crippen molar-refractivity contribution < 1.29 is 29.6 Å². The van der Waals surface area contributed by atoms with E-state index < -0.39 is 11.5 Å². The number of rotatable bonds is 4. The van der Waals surface area contributed by atoms with Gasteiger partial charge in [-0.05, 0) is 36.8 Å². The van der Waals surface area contributed by atoms with Crippen LogP contribution in [0, 0.1) is 0 Å². The Kier molecular flexibility index (Phi) is 4.04. The Balaban J connectivity index is 1.91. The normalized spacial score (nSPS) is 14.5. The van der Waals surface area contributed by atoms with E-state index in [1.807, 2.05) is 6.92 Å². The minimum absolute atomic E-state index is 0.0524. The molecular weight excluding hydrogens is 312 g/mol. The largest absolute Gasteiger partial charge is 0.507 e. The van der Waals surface area contributed by atoms with E-state index in [1.165, 1.54) is 24.3 Å². The number of phenols is 3. The molecule has 1 heterocycles. The van der Waals surface area contributed by atoms with Crippen LogP contribution in [0.4, 0.5) is 0 Å². The second-order valence-electron chi connectivity index (χ2n) is 5.32. The molecule has 6 nitrogen and oxygen atoms in total. The van der Waals surface area contributed by atoms with E-state index in [2.05, 4.69) is 0 Å². The third-order valence-electron chi connectivity index (χ3n) is 3.55. The lowest BCUT2D eigenvalue weighted by Gasteiger charge is -2.07. The first-order valence-corrected chi connectivity index (χ1v) is 7.46. The standard InChI is InChI=1S/C18H16O6/c1-2-7-23-11-4-3-10(14(20)9-11)8-15-16(21)12-5-6-13(19)17(22)18(12)24-15/h3-6,8-9,19-20,22H,2,7H2,1H3/b15-8-. The Hall–Kier alpha value is -3.15. The smallest absolute Gasteiger partial charge is 0.232 e. The molecule has 0 radical (unpaired) electrons. The Morgan fingerprint density at radius 2 is 1.92 bits per heavy atom. The summed E-state index contributed by atoms with van der Waals surface area (Å²) in [7, 11) is 0. The number of carbonyl (C=O) groups is 1. The van der Waals surface area contributed by atoms with Gasteiger partial charge in [0.15, 0.2) is 17.3 Å². The minimum Gasteiger partial charge on any atom is -0.507 e. The topological polar surface area (TPSA) is 96.2 Å². The summed E-state index contributed by atoms with van der Waals surface area (Å²) in [6.45, 7) is 2.52. The van der Waals surface area contributed by atoms with Crippen LogP contribution in [0.5, 0.6) is 28.7 Å². The van der Waals surface area contributed by atoms with Gasteiger partial charge in [-0.25, -0.2) is 0 Å². The first-order valence-electron chi connectivity index (χ1n) is 7.46. The van der Waals surface area contributed by atoms with E-state index in [-0.39, 0.29) is 28.6 Å². The summed E-state index contributed by atoms with van der Waals surface area (Å²) in [4.78, 5) is 12.3. The SMILES string of the molecule is CCCOc1ccc(/C=C2\Oc3c(ccc(O)c3O)C2=O)c(O)c1. The zero-order valence-electron chi connectivity index (χ0n) is 12.9. The number of ether oxygens (including phenoxy) is 2. The van der Waals surface area contributed by atoms with Gasteiger partial charge >= 0.3 is 0 Å². The molecular formula is C18H16O6. The molecule has 3 rings (SSSR count). The Morgan fingerprint density at radius 3 is 2.62 bits per heavy atom. The second-order valence-corrected chi connectivity index (χ2v) is 5.32. The highest BCUT2D eigenvalue weighted by atomic mass is 16.5. The molecule has 0 aliphatic carbocycles. The summed E-state index contributed by atoms with van der Waals surface area (Å²) in [6, 6.07) is 7.32. The third kappa shape index (κ3) is 2.74. The number of Topliss-reactive ketones (excluding diaryl/α,β-unsaturated/α-hetero) is 1. The van der Waals surface area contributed by atoms with Gasteiger partial charge in [-0.3, -0.25) is 4.79 Å². The number of aromatic hydroxyl groups is 3. The predicted molar refractivity (Wildman–Crippen MR) is 86.6 cm³/mol. The van der Waals surface area contributed by atoms with Gasteiger partial charge in [0.05, 0.1) is 12.2 Å². The summed E-state index contributed by atoms with van der Waals surface area (Å²) in [5, 5.41) is 29.3. The molecule has 0 bridgehead atoms. The number of phenolic OH excluding ortho intramolecular Hbond substituents is 3. The van der Waals surface area contributed by atoms with Crippen molar-refractivity contribution in [1.29, 1.82) is 0 Å². The van der Waals surface area contributed by atoms with Gasteiger partial charge in [0.1, 0.15) is 11.5 Å². The van der Waals surface area contributed by atoms with Gasteiger partial charge in [-0.1, -0.05) is 6.92 Å². The fourth-order valence-electron chi connectivity index (χ4n) is 2.32. The molecule has 6 heteroatoms. The fraction of sp³-hybridized carbons (Fsp3) is 0.167. The maximum absolute atomic E-state index is 12.3. The molecule has 0 aromatic heterocycles. The number of allylic oxidation sites excluding steroid dienone is 1. The van der Waals surface area contributed by atoms with E-state index >= 15 is 0 Å². The summed E-state index contributed by atoms with van der Waals surface area (Å²) in [5.74, 6) is -0.973. The third-order valence-corrected chi connectivity index (χ3v) is 3.55. The number of ketones is 1. The molecule has 2 aromatic rings. The molecule has 0 fully saturated rings. The van der Waals surface area contributed by atoms with Crippen LogP contribution in [0.3, 0.4) is 0 Å². The van der Waals surface area contributed by atoms with Gasteiger partial charge in [-0.15, -0.1) is 0 Å². The molecule has 1 aliphatic rings. The van der Waals surface area contributed by atoms with Crippen LogP contribution in [-0.4, -0.2) is 27.7 Å². The molecule has 0 spiro atoms. The fourth-order valence-corrected chi connectivity index (χ4v) is 2.32. The molecule has 0 amide bonds. The molecule has 0 atom stereocenters. The maximum Gasteiger partial charge on any atom is 0.232 e. The van der Waals surface area contributed by atoms with Crippen molar-refractivity contribution in [1.82, 2.24) is 0 Å². The Bertz CT molecular complexity index is 838. The highest BCUT2D eigenvalue weighted by Gasteiger charge is 2.31. The molecule has 124 valence electrons. The monoisotopic (exact) mass is 328 g/mol. The molecule has 0 saturated heterocycles. The molecule has 0 unspecified atom stereocenters. The van der Waals surface area contributed by atoms with Crippen molar-refractivity contribution in [2.45, 2.75) is 13.3 Å². The number of benzene rings is 2. The lowest BCUT2D eigenvalue weighted by molar-refractivity contribution is 0.101. The number of fused-ring (bicyclic) bond motifs is 1. The van der Waals surface area contributed by atoms with Gasteiger partial charge in [0.2, 0.25) is 11.5 Å². The van der Waals surface area contributed by atoms with Crippen molar-refractivity contribution in [2.24, 2.45) is 0 Å². The quantitative estimate of drug-likeness (QED) is 0.589. The highest BCUT2D eigenvalue weighted by molar-refractivity contribution is 6.15. The first-order chi connectivity index (χ1) is 11.5. The number of hydrogen-bond donors (Lipinski definition) is 3. The van der Waals surface area contributed by atoms with Crippen molar-refractivity contribution in [3.8, 4) is 28.7 Å². The van der Waals surface area contributed by atoms with Crippen LogP contribution in [-0.2, 0) is 0 Å². The maximum atomic E-state index is 12.3. The van der Waals surface area contributed by atoms with Gasteiger partial charge in [-0.2, -0.15) is 0 Å². The summed E-state index contributed by atoms with van der Waals surface area (Å²) >= 11 is 0. The number of hydrogen-bond acceptors (Lipinski definition) is 6. The lowest BCUT2D eigenvalue weighted by atomic mass is 10.1. The van der Waals surface area contributed by atoms with Crippen LogP contribution in [0.25, 0.3) is 6.08 Å². The van der Waals surface area contributed by atoms with Crippen molar-refractivity contribution >= 4 is 11.9 Å². The Labute approximate surface area is 138 Å². The molecule has 3 N–H and O–H groups in total. The van der Waals surface area contributed by atoms with Gasteiger partial charge in [0, 0.05) is 11.6 Å². The average Bonchev–Trinajstić information content (AvgIpc) is 2.88. The van der Waals surface area contributed by atoms with Crippen LogP contribution < -0.4 is 9.47 Å². The summed E-state index contributed by atoms with van der Waals surface area (Å²) in [6.07, 6.45) is 2.22. The van der Waals surface area contributed by atoms with Crippen molar-refractivity contribution in [3.05, 3.63) is 47.2 Å². The minimum atomic E-state index is -0.489. The van der Waals surface area contributed by atoms with E-state index in [1.54, 1.807) is 12.1 Å². The summed E-state index contributed by atoms with van der Waals surface area (Å²) < 4.78 is 10.8. The van der Waals surface area contributed by atoms with Crippen LogP contribution >= 0.6 is 0 Å². The van der Waals surface area contributed by atoms with Gasteiger partial charge < -0.3 is 24.8 Å². The van der Waals surface area contributed by atoms with Crippen LogP contribution in [0.2, 0.25) is 0 Å². The van der Waals surface area contributed by atoms with E-state index in [0.29, 0.717) is 17.9 Å². The second kappa shape index (κ2) is 6.16. The van der Waals surface area contributed by atoms with E-state index in [0.717, 1.165) is 6.42 Å². The zero-order chi connectivity index (χ0) is 17.3. The van der Waals surface area contributed by atoms with E-state index in [9.17, 15) is 20.1 Å². The summed E-state index contributed by atoms with van der Waals surface area (Å²) in [5.41, 5.74) is 0.526. The molecule has 2 aromatic carbocycles. The number of carbonyl (C=O) groups excluding carboxylic acids is 1. The van der Waals surface area contributed by atoms with Crippen molar-refractivity contribution in [2.75, 3.05) is 6.61 Å². The van der Waals surface area contributed by atoms with Gasteiger partial charge in [0.25, 0.3) is 0 Å². The average molecular weight is 328 g/mol. The molecule has 0 saturated carbocycles. The Morgan fingerprint density at radius 1 is 1.12 bits per heavy atom. The molecule has 24 heavy (non-hydrogen) atoms. The predicted octanol–water partition coefficient (Wildman–Crippen LogP) is 3.21.